The van der Waals surface area contributed by atoms with Crippen molar-refractivity contribution in [3.05, 3.63) is 51.7 Å². The van der Waals surface area contributed by atoms with Crippen LogP contribution in [0.4, 0.5) is 5.69 Å². The lowest BCUT2D eigenvalue weighted by molar-refractivity contribution is 0.723. The highest BCUT2D eigenvalue weighted by atomic mass is 35.5. The van der Waals surface area contributed by atoms with E-state index in [-0.39, 0.29) is 0 Å². The fourth-order valence-electron chi connectivity index (χ4n) is 1.53. The van der Waals surface area contributed by atoms with E-state index in [1.54, 1.807) is 23.5 Å². The van der Waals surface area contributed by atoms with Crippen LogP contribution in [0.15, 0.2) is 41.8 Å². The number of halogens is 1. The summed E-state index contributed by atoms with van der Waals surface area (Å²) in [7, 11) is 0. The Labute approximate surface area is 109 Å². The van der Waals surface area contributed by atoms with Crippen LogP contribution >= 0.6 is 22.9 Å². The minimum Gasteiger partial charge on any atom is -0.363 e. The van der Waals surface area contributed by atoms with Crippen molar-refractivity contribution in [3.63, 3.8) is 0 Å². The molecule has 2 nitrogen and oxygen atoms in total. The number of thiophene rings is 1. The number of hydrogen-bond donors (Lipinski definition) is 1. The lowest BCUT2D eigenvalue weighted by Crippen LogP contribution is -2.28. The predicted octanol–water partition coefficient (Wildman–Crippen LogP) is 4.25. The summed E-state index contributed by atoms with van der Waals surface area (Å²) >= 11 is 7.39. The molecule has 1 aromatic carbocycles. The Kier molecular flexibility index (Phi) is 3.37. The van der Waals surface area contributed by atoms with E-state index in [0.29, 0.717) is 5.02 Å². The standard InChI is InChI=1S/C13H11ClN2S/c1-13(9-15,12-3-2-8-17-12)16-11-6-4-10(14)5-7-11/h2-8,16H,1H3/t13-/m0/s1. The van der Waals surface area contributed by atoms with Gasteiger partial charge < -0.3 is 5.32 Å². The van der Waals surface area contributed by atoms with Gasteiger partial charge in [0.15, 0.2) is 5.54 Å². The summed E-state index contributed by atoms with van der Waals surface area (Å²) in [5, 5.41) is 15.2. The minimum absolute atomic E-state index is 0.685. The molecular weight excluding hydrogens is 252 g/mol. The molecule has 86 valence electrons. The van der Waals surface area contributed by atoms with E-state index < -0.39 is 5.54 Å². The summed E-state index contributed by atoms with van der Waals surface area (Å²) in [4.78, 5) is 0.995. The quantitative estimate of drug-likeness (QED) is 0.897. The molecule has 2 rings (SSSR count). The highest BCUT2D eigenvalue weighted by molar-refractivity contribution is 7.10. The highest BCUT2D eigenvalue weighted by Gasteiger charge is 2.27. The zero-order valence-corrected chi connectivity index (χ0v) is 10.8. The Morgan fingerprint density at radius 3 is 2.53 bits per heavy atom. The average molecular weight is 263 g/mol. The van der Waals surface area contributed by atoms with Gasteiger partial charge in [0.1, 0.15) is 0 Å². The summed E-state index contributed by atoms with van der Waals surface area (Å²) in [6.07, 6.45) is 0. The lowest BCUT2D eigenvalue weighted by Gasteiger charge is -2.23. The first-order valence-electron chi connectivity index (χ1n) is 5.13. The lowest BCUT2D eigenvalue weighted by atomic mass is 10.0. The van der Waals surface area contributed by atoms with Gasteiger partial charge in [-0.3, -0.25) is 0 Å². The summed E-state index contributed by atoms with van der Waals surface area (Å²) in [6, 6.07) is 13.5. The van der Waals surface area contributed by atoms with Crippen LogP contribution in [0.1, 0.15) is 11.8 Å². The largest absolute Gasteiger partial charge is 0.363 e. The van der Waals surface area contributed by atoms with Crippen LogP contribution in [0.2, 0.25) is 5.02 Å². The van der Waals surface area contributed by atoms with Gasteiger partial charge in [-0.05, 0) is 42.6 Å². The zero-order chi connectivity index (χ0) is 12.3. The van der Waals surface area contributed by atoms with Gasteiger partial charge in [-0.15, -0.1) is 11.3 Å². The molecule has 0 aliphatic carbocycles. The molecule has 0 bridgehead atoms. The second kappa shape index (κ2) is 4.79. The van der Waals surface area contributed by atoms with Gasteiger partial charge in [0, 0.05) is 15.6 Å². The van der Waals surface area contributed by atoms with Crippen molar-refractivity contribution in [1.82, 2.24) is 0 Å². The van der Waals surface area contributed by atoms with Gasteiger partial charge in [-0.25, -0.2) is 0 Å². The molecule has 1 heterocycles. The van der Waals surface area contributed by atoms with Crippen molar-refractivity contribution in [1.29, 1.82) is 5.26 Å². The molecule has 17 heavy (non-hydrogen) atoms. The van der Waals surface area contributed by atoms with Crippen molar-refractivity contribution in [2.45, 2.75) is 12.5 Å². The first-order valence-corrected chi connectivity index (χ1v) is 6.39. The van der Waals surface area contributed by atoms with E-state index >= 15 is 0 Å². The monoisotopic (exact) mass is 262 g/mol. The number of rotatable bonds is 3. The maximum Gasteiger partial charge on any atom is 0.157 e. The second-order valence-electron chi connectivity index (χ2n) is 3.85. The normalized spacial score (nSPS) is 13.7. The highest BCUT2D eigenvalue weighted by Crippen LogP contribution is 2.29. The van der Waals surface area contributed by atoms with Gasteiger partial charge in [0.2, 0.25) is 0 Å². The fraction of sp³-hybridized carbons (Fsp3) is 0.154. The Balaban J connectivity index is 2.27. The van der Waals surface area contributed by atoms with Gasteiger partial charge in [-0.1, -0.05) is 17.7 Å². The predicted molar refractivity (Wildman–Crippen MR) is 72.4 cm³/mol. The number of benzene rings is 1. The molecule has 1 N–H and O–H groups in total. The Morgan fingerprint density at radius 1 is 1.29 bits per heavy atom. The molecule has 0 saturated carbocycles. The first-order chi connectivity index (χ1) is 8.14. The Hall–Kier alpha value is -1.50. The number of nitrogens with zero attached hydrogens (tertiary/aromatic N) is 1. The molecule has 2 aromatic rings. The molecule has 0 unspecified atom stereocenters. The number of anilines is 1. The van der Waals surface area contributed by atoms with Crippen LogP contribution < -0.4 is 5.32 Å². The third kappa shape index (κ3) is 2.60. The van der Waals surface area contributed by atoms with Crippen LogP contribution in [0.3, 0.4) is 0 Å². The van der Waals surface area contributed by atoms with E-state index in [1.165, 1.54) is 0 Å². The fourth-order valence-corrected chi connectivity index (χ4v) is 2.45. The number of nitrogens with one attached hydrogen (secondary N) is 1. The SMILES string of the molecule is C[C@@](C#N)(Nc1ccc(Cl)cc1)c1cccs1. The molecule has 1 aromatic heterocycles. The maximum atomic E-state index is 9.34. The molecule has 0 saturated heterocycles. The molecule has 0 aliphatic heterocycles. The smallest absolute Gasteiger partial charge is 0.157 e. The van der Waals surface area contributed by atoms with E-state index in [0.717, 1.165) is 10.6 Å². The van der Waals surface area contributed by atoms with Crippen LogP contribution in [0.25, 0.3) is 0 Å². The Morgan fingerprint density at radius 2 is 2.00 bits per heavy atom. The molecule has 4 heteroatoms. The second-order valence-corrected chi connectivity index (χ2v) is 5.23. The zero-order valence-electron chi connectivity index (χ0n) is 9.27. The van der Waals surface area contributed by atoms with Crippen molar-refractivity contribution in [2.24, 2.45) is 0 Å². The topological polar surface area (TPSA) is 35.8 Å². The van der Waals surface area contributed by atoms with E-state index in [1.807, 2.05) is 36.6 Å². The summed E-state index contributed by atoms with van der Waals surface area (Å²) in [6.45, 7) is 1.87. The van der Waals surface area contributed by atoms with Crippen LogP contribution in [0.5, 0.6) is 0 Å². The molecular formula is C13H11ClN2S. The van der Waals surface area contributed by atoms with E-state index in [2.05, 4.69) is 11.4 Å². The average Bonchev–Trinajstić information content (AvgIpc) is 2.86. The van der Waals surface area contributed by atoms with Gasteiger partial charge in [0.25, 0.3) is 0 Å². The third-order valence-corrected chi connectivity index (χ3v) is 3.82. The molecule has 0 fully saturated rings. The summed E-state index contributed by atoms with van der Waals surface area (Å²) in [5.74, 6) is 0. The van der Waals surface area contributed by atoms with Crippen molar-refractivity contribution in [2.75, 3.05) is 5.32 Å². The molecule has 0 radical (unpaired) electrons. The van der Waals surface area contributed by atoms with Crippen molar-refractivity contribution < 1.29 is 0 Å². The van der Waals surface area contributed by atoms with Crippen LogP contribution in [0, 0.1) is 11.3 Å². The number of hydrogen-bond acceptors (Lipinski definition) is 3. The van der Waals surface area contributed by atoms with Gasteiger partial charge >= 0.3 is 0 Å². The van der Waals surface area contributed by atoms with Gasteiger partial charge in [0.05, 0.1) is 6.07 Å². The van der Waals surface area contributed by atoms with Gasteiger partial charge in [-0.2, -0.15) is 5.26 Å². The maximum absolute atomic E-state index is 9.34. The van der Waals surface area contributed by atoms with Crippen molar-refractivity contribution >= 4 is 28.6 Å². The summed E-state index contributed by atoms with van der Waals surface area (Å²) in [5.41, 5.74) is 0.175. The van der Waals surface area contributed by atoms with E-state index in [9.17, 15) is 5.26 Å². The van der Waals surface area contributed by atoms with Crippen LogP contribution in [-0.4, -0.2) is 0 Å². The molecule has 0 aliphatic rings. The molecule has 0 spiro atoms. The Bertz CT molecular complexity index is 528. The third-order valence-electron chi connectivity index (χ3n) is 2.48. The summed E-state index contributed by atoms with van der Waals surface area (Å²) < 4.78 is 0. The van der Waals surface area contributed by atoms with Crippen LogP contribution in [-0.2, 0) is 5.54 Å². The minimum atomic E-state index is -0.706. The molecule has 1 atom stereocenters. The number of nitriles is 1. The van der Waals surface area contributed by atoms with E-state index in [4.69, 9.17) is 11.6 Å². The van der Waals surface area contributed by atoms with Crippen molar-refractivity contribution in [3.8, 4) is 6.07 Å². The molecule has 0 amide bonds. The first kappa shape index (κ1) is 12.0.